The maximum Gasteiger partial charge on any atom is 0.319 e. The predicted molar refractivity (Wildman–Crippen MR) is 88.8 cm³/mol. The van der Waals surface area contributed by atoms with E-state index < -0.39 is 5.54 Å². The van der Waals surface area contributed by atoms with Crippen LogP contribution in [0, 0.1) is 0 Å². The summed E-state index contributed by atoms with van der Waals surface area (Å²) in [5.41, 5.74) is 0.846. The van der Waals surface area contributed by atoms with Crippen molar-refractivity contribution in [1.29, 1.82) is 0 Å². The summed E-state index contributed by atoms with van der Waals surface area (Å²) in [4.78, 5) is 30.3. The van der Waals surface area contributed by atoms with E-state index in [-0.39, 0.29) is 11.9 Å². The standard InChI is InChI=1S/C16H22N6O2/c1-16(2)10-20(15(24)19(3)4)7-8-22(16)14(23)12-5-6-13-18-17-11-21(13)9-12/h5-6,9,11H,7-8,10H2,1-4H3. The molecule has 0 bridgehead atoms. The van der Waals surface area contributed by atoms with Crippen molar-refractivity contribution in [2.24, 2.45) is 0 Å². The van der Waals surface area contributed by atoms with Crippen LogP contribution < -0.4 is 0 Å². The Morgan fingerprint density at radius 2 is 1.96 bits per heavy atom. The summed E-state index contributed by atoms with van der Waals surface area (Å²) in [5, 5.41) is 7.77. The summed E-state index contributed by atoms with van der Waals surface area (Å²) in [6.45, 7) is 5.51. The number of urea groups is 1. The van der Waals surface area contributed by atoms with Crippen LogP contribution in [0.2, 0.25) is 0 Å². The summed E-state index contributed by atoms with van der Waals surface area (Å²) in [5.74, 6) is -0.0486. The average Bonchev–Trinajstić information content (AvgIpc) is 2.99. The van der Waals surface area contributed by atoms with Gasteiger partial charge in [-0.05, 0) is 26.0 Å². The van der Waals surface area contributed by atoms with E-state index in [0.717, 1.165) is 0 Å². The molecular formula is C16H22N6O2. The number of pyridine rings is 1. The molecule has 3 rings (SSSR count). The highest BCUT2D eigenvalue weighted by Gasteiger charge is 2.39. The van der Waals surface area contributed by atoms with E-state index in [1.807, 2.05) is 18.7 Å². The van der Waals surface area contributed by atoms with Crippen LogP contribution in [0.15, 0.2) is 24.7 Å². The fraction of sp³-hybridized carbons (Fsp3) is 0.500. The van der Waals surface area contributed by atoms with Gasteiger partial charge in [-0.3, -0.25) is 9.20 Å². The SMILES string of the molecule is CN(C)C(=O)N1CCN(C(=O)c2ccc3nncn3c2)C(C)(C)C1. The number of nitrogens with zero attached hydrogens (tertiary/aromatic N) is 6. The van der Waals surface area contributed by atoms with E-state index in [4.69, 9.17) is 0 Å². The van der Waals surface area contributed by atoms with Crippen LogP contribution in [0.4, 0.5) is 4.79 Å². The van der Waals surface area contributed by atoms with Crippen LogP contribution in [0.3, 0.4) is 0 Å². The van der Waals surface area contributed by atoms with E-state index in [2.05, 4.69) is 10.2 Å². The van der Waals surface area contributed by atoms with Crippen LogP contribution in [0.1, 0.15) is 24.2 Å². The van der Waals surface area contributed by atoms with Crippen LogP contribution in [0.5, 0.6) is 0 Å². The van der Waals surface area contributed by atoms with Crippen molar-refractivity contribution in [1.82, 2.24) is 29.3 Å². The predicted octanol–water partition coefficient (Wildman–Crippen LogP) is 0.947. The second-order valence-electron chi connectivity index (χ2n) is 6.88. The number of piperazine rings is 1. The Labute approximate surface area is 140 Å². The highest BCUT2D eigenvalue weighted by atomic mass is 16.2. The van der Waals surface area contributed by atoms with Crippen molar-refractivity contribution in [3.8, 4) is 0 Å². The van der Waals surface area contributed by atoms with Crippen molar-refractivity contribution in [2.75, 3.05) is 33.7 Å². The first-order chi connectivity index (χ1) is 11.3. The molecule has 0 radical (unpaired) electrons. The van der Waals surface area contributed by atoms with Crippen molar-refractivity contribution in [2.45, 2.75) is 19.4 Å². The number of carbonyl (C=O) groups excluding carboxylic acids is 2. The summed E-state index contributed by atoms with van der Waals surface area (Å²) in [6.07, 6.45) is 3.32. The Morgan fingerprint density at radius 3 is 2.62 bits per heavy atom. The molecule has 1 aliphatic rings. The van der Waals surface area contributed by atoms with E-state index in [1.54, 1.807) is 53.0 Å². The number of aromatic nitrogens is 3. The Hall–Kier alpha value is -2.64. The normalized spacial score (nSPS) is 17.2. The maximum absolute atomic E-state index is 12.9. The van der Waals surface area contributed by atoms with Gasteiger partial charge in [-0.15, -0.1) is 10.2 Å². The van der Waals surface area contributed by atoms with Crippen molar-refractivity contribution in [3.63, 3.8) is 0 Å². The minimum absolute atomic E-state index is 0.0268. The van der Waals surface area contributed by atoms with E-state index in [0.29, 0.717) is 30.8 Å². The minimum Gasteiger partial charge on any atom is -0.331 e. The van der Waals surface area contributed by atoms with Gasteiger partial charge in [0.25, 0.3) is 5.91 Å². The molecule has 3 heterocycles. The van der Waals surface area contributed by atoms with E-state index in [1.165, 1.54) is 0 Å². The van der Waals surface area contributed by atoms with Crippen molar-refractivity contribution >= 4 is 17.6 Å². The quantitative estimate of drug-likeness (QED) is 0.780. The molecule has 0 N–H and O–H groups in total. The lowest BCUT2D eigenvalue weighted by Gasteiger charge is -2.47. The first-order valence-electron chi connectivity index (χ1n) is 7.87. The van der Waals surface area contributed by atoms with Crippen molar-refractivity contribution in [3.05, 3.63) is 30.2 Å². The fourth-order valence-corrected chi connectivity index (χ4v) is 3.09. The lowest BCUT2D eigenvalue weighted by molar-refractivity contribution is 0.0241. The van der Waals surface area contributed by atoms with Gasteiger partial charge in [-0.1, -0.05) is 0 Å². The Kier molecular flexibility index (Phi) is 3.90. The molecule has 0 spiro atoms. The summed E-state index contributed by atoms with van der Waals surface area (Å²) < 4.78 is 1.73. The zero-order valence-corrected chi connectivity index (χ0v) is 14.4. The molecular weight excluding hydrogens is 308 g/mol. The lowest BCUT2D eigenvalue weighted by atomic mass is 9.97. The van der Waals surface area contributed by atoms with Crippen LogP contribution in [-0.2, 0) is 0 Å². The molecule has 1 saturated heterocycles. The first-order valence-corrected chi connectivity index (χ1v) is 7.87. The highest BCUT2D eigenvalue weighted by Crippen LogP contribution is 2.24. The van der Waals surface area contributed by atoms with Gasteiger partial charge in [0.05, 0.1) is 11.1 Å². The molecule has 1 aliphatic heterocycles. The van der Waals surface area contributed by atoms with Gasteiger partial charge in [0, 0.05) is 39.9 Å². The number of fused-ring (bicyclic) bond motifs is 1. The Morgan fingerprint density at radius 1 is 1.21 bits per heavy atom. The number of rotatable bonds is 1. The second kappa shape index (κ2) is 5.77. The Balaban J connectivity index is 1.81. The number of carbonyl (C=O) groups is 2. The first kappa shape index (κ1) is 16.2. The van der Waals surface area contributed by atoms with E-state index >= 15 is 0 Å². The molecule has 0 aliphatic carbocycles. The number of hydrogen-bond acceptors (Lipinski definition) is 4. The molecule has 24 heavy (non-hydrogen) atoms. The largest absolute Gasteiger partial charge is 0.331 e. The number of amides is 3. The molecule has 8 nitrogen and oxygen atoms in total. The molecule has 1 fully saturated rings. The zero-order valence-electron chi connectivity index (χ0n) is 14.4. The molecule has 0 atom stereocenters. The topological polar surface area (TPSA) is 74.1 Å². The van der Waals surface area contributed by atoms with Crippen molar-refractivity contribution < 1.29 is 9.59 Å². The van der Waals surface area contributed by atoms with Gasteiger partial charge >= 0.3 is 6.03 Å². The van der Waals surface area contributed by atoms with Gasteiger partial charge in [0.2, 0.25) is 0 Å². The molecule has 2 aromatic heterocycles. The molecule has 0 saturated carbocycles. The van der Waals surface area contributed by atoms with Gasteiger partial charge in [0.1, 0.15) is 6.33 Å². The fourth-order valence-electron chi connectivity index (χ4n) is 3.09. The number of hydrogen-bond donors (Lipinski definition) is 0. The van der Waals surface area contributed by atoms with Gasteiger partial charge in [-0.25, -0.2) is 4.79 Å². The zero-order chi connectivity index (χ0) is 17.5. The highest BCUT2D eigenvalue weighted by molar-refractivity contribution is 5.95. The average molecular weight is 330 g/mol. The third kappa shape index (κ3) is 2.79. The molecule has 8 heteroatoms. The third-order valence-electron chi connectivity index (χ3n) is 4.34. The summed E-state index contributed by atoms with van der Waals surface area (Å²) in [6, 6.07) is 3.51. The lowest BCUT2D eigenvalue weighted by Crippen LogP contribution is -2.63. The smallest absolute Gasteiger partial charge is 0.319 e. The van der Waals surface area contributed by atoms with Crippen LogP contribution in [0.25, 0.3) is 5.65 Å². The van der Waals surface area contributed by atoms with Gasteiger partial charge in [-0.2, -0.15) is 0 Å². The third-order valence-corrected chi connectivity index (χ3v) is 4.34. The molecule has 3 amide bonds. The minimum atomic E-state index is -0.441. The van der Waals surface area contributed by atoms with Gasteiger partial charge in [0.15, 0.2) is 5.65 Å². The summed E-state index contributed by atoms with van der Waals surface area (Å²) >= 11 is 0. The van der Waals surface area contributed by atoms with E-state index in [9.17, 15) is 9.59 Å². The Bertz CT molecular complexity index is 782. The molecule has 0 aromatic carbocycles. The molecule has 2 aromatic rings. The molecule has 128 valence electrons. The maximum atomic E-state index is 12.9. The second-order valence-corrected chi connectivity index (χ2v) is 6.88. The summed E-state index contributed by atoms with van der Waals surface area (Å²) in [7, 11) is 3.47. The van der Waals surface area contributed by atoms with Gasteiger partial charge < -0.3 is 14.7 Å². The molecule has 0 unspecified atom stereocenters. The monoisotopic (exact) mass is 330 g/mol. The van der Waals surface area contributed by atoms with Crippen LogP contribution >= 0.6 is 0 Å². The van der Waals surface area contributed by atoms with Crippen LogP contribution in [-0.4, -0.2) is 80.5 Å².